The highest BCUT2D eigenvalue weighted by molar-refractivity contribution is 6.17. The van der Waals surface area contributed by atoms with E-state index < -0.39 is 0 Å². The average molecular weight is 256 g/mol. The minimum atomic E-state index is 0.0214. The number of benzene rings is 1. The third kappa shape index (κ3) is 4.36. The van der Waals surface area contributed by atoms with E-state index in [4.69, 9.17) is 16.3 Å². The molecule has 0 unspecified atom stereocenters. The summed E-state index contributed by atoms with van der Waals surface area (Å²) in [5.41, 5.74) is 1.64. The lowest BCUT2D eigenvalue weighted by molar-refractivity contribution is 0.0779. The number of ether oxygens (including phenoxy) is 1. The molecule has 1 rings (SSSR count). The summed E-state index contributed by atoms with van der Waals surface area (Å²) in [6.45, 7) is 1.36. The Labute approximate surface area is 107 Å². The van der Waals surface area contributed by atoms with Crippen LogP contribution in [0.25, 0.3) is 0 Å². The van der Waals surface area contributed by atoms with Crippen LogP contribution in [0.4, 0.5) is 0 Å². The van der Waals surface area contributed by atoms with Gasteiger partial charge in [0.25, 0.3) is 5.91 Å². The van der Waals surface area contributed by atoms with Gasteiger partial charge < -0.3 is 9.64 Å². The molecular formula is C13H18ClNO2. The molecule has 0 spiro atoms. The number of amides is 1. The van der Waals surface area contributed by atoms with Gasteiger partial charge in [-0.2, -0.15) is 0 Å². The summed E-state index contributed by atoms with van der Waals surface area (Å²) in [5, 5.41) is 0. The van der Waals surface area contributed by atoms with E-state index in [9.17, 15) is 4.79 Å². The molecule has 0 N–H and O–H groups in total. The van der Waals surface area contributed by atoms with Crippen molar-refractivity contribution in [1.82, 2.24) is 4.90 Å². The maximum atomic E-state index is 12.0. The van der Waals surface area contributed by atoms with Crippen LogP contribution in [0.3, 0.4) is 0 Å². The van der Waals surface area contributed by atoms with E-state index in [-0.39, 0.29) is 5.91 Å². The van der Waals surface area contributed by atoms with Crippen molar-refractivity contribution in [1.29, 1.82) is 0 Å². The quantitative estimate of drug-likeness (QED) is 0.578. The van der Waals surface area contributed by atoms with Gasteiger partial charge in [-0.05, 0) is 24.1 Å². The highest BCUT2D eigenvalue weighted by Gasteiger charge is 2.11. The summed E-state index contributed by atoms with van der Waals surface area (Å²) in [6, 6.07) is 7.41. The third-order valence-electron chi connectivity index (χ3n) is 2.52. The molecule has 1 aromatic rings. The van der Waals surface area contributed by atoms with E-state index in [0.717, 1.165) is 12.0 Å². The van der Waals surface area contributed by atoms with Crippen molar-refractivity contribution in [2.45, 2.75) is 12.3 Å². The smallest absolute Gasteiger partial charge is 0.253 e. The average Bonchev–Trinajstić information content (AvgIpc) is 2.38. The van der Waals surface area contributed by atoms with E-state index in [1.165, 1.54) is 0 Å². The van der Waals surface area contributed by atoms with Crippen molar-refractivity contribution < 1.29 is 9.53 Å². The van der Waals surface area contributed by atoms with Gasteiger partial charge in [0, 0.05) is 38.8 Å². The molecule has 0 aliphatic rings. The molecule has 4 heteroatoms. The maximum absolute atomic E-state index is 12.0. The molecule has 1 amide bonds. The highest BCUT2D eigenvalue weighted by atomic mass is 35.5. The zero-order valence-corrected chi connectivity index (χ0v) is 11.0. The molecule has 0 aliphatic heterocycles. The summed E-state index contributed by atoms with van der Waals surface area (Å²) in [7, 11) is 3.46. The van der Waals surface area contributed by atoms with Crippen LogP contribution in [0.2, 0.25) is 0 Å². The van der Waals surface area contributed by atoms with Crippen molar-refractivity contribution >= 4 is 17.5 Å². The van der Waals surface area contributed by atoms with Crippen molar-refractivity contribution in [3.8, 4) is 0 Å². The molecule has 0 aliphatic carbocycles. The Balaban J connectivity index is 2.61. The van der Waals surface area contributed by atoms with Gasteiger partial charge in [0.1, 0.15) is 0 Å². The molecule has 0 heterocycles. The van der Waals surface area contributed by atoms with Crippen LogP contribution < -0.4 is 0 Å². The number of hydrogen-bond acceptors (Lipinski definition) is 2. The first kappa shape index (κ1) is 14.0. The first-order valence-corrected chi connectivity index (χ1v) is 6.11. The molecule has 0 saturated heterocycles. The van der Waals surface area contributed by atoms with Gasteiger partial charge in [-0.3, -0.25) is 4.79 Å². The van der Waals surface area contributed by atoms with Gasteiger partial charge in [-0.15, -0.1) is 11.6 Å². The fraction of sp³-hybridized carbons (Fsp3) is 0.462. The zero-order valence-electron chi connectivity index (χ0n) is 10.3. The molecule has 0 aromatic heterocycles. The van der Waals surface area contributed by atoms with Crippen molar-refractivity contribution in [2.24, 2.45) is 0 Å². The SMILES string of the molecule is COCCCN(C)C(=O)c1cccc(CCl)c1. The summed E-state index contributed by atoms with van der Waals surface area (Å²) in [5.74, 6) is 0.446. The predicted molar refractivity (Wildman–Crippen MR) is 69.5 cm³/mol. The molecule has 0 atom stereocenters. The fourth-order valence-corrected chi connectivity index (χ4v) is 1.72. The molecule has 17 heavy (non-hydrogen) atoms. The Bertz CT molecular complexity index is 368. The van der Waals surface area contributed by atoms with Crippen molar-refractivity contribution in [2.75, 3.05) is 27.3 Å². The second kappa shape index (κ2) is 7.30. The Kier molecular flexibility index (Phi) is 6.01. The van der Waals surface area contributed by atoms with Gasteiger partial charge in [0.05, 0.1) is 0 Å². The van der Waals surface area contributed by atoms with Crippen LogP contribution >= 0.6 is 11.6 Å². The molecule has 0 fully saturated rings. The van der Waals surface area contributed by atoms with E-state index in [0.29, 0.717) is 24.6 Å². The molecule has 94 valence electrons. The molecule has 0 saturated carbocycles. The minimum Gasteiger partial charge on any atom is -0.385 e. The lowest BCUT2D eigenvalue weighted by Crippen LogP contribution is -2.28. The summed E-state index contributed by atoms with van der Waals surface area (Å²) < 4.78 is 4.96. The Morgan fingerprint density at radius 3 is 2.88 bits per heavy atom. The zero-order chi connectivity index (χ0) is 12.7. The summed E-state index contributed by atoms with van der Waals surface area (Å²) in [4.78, 5) is 13.7. The monoisotopic (exact) mass is 255 g/mol. The number of carbonyl (C=O) groups excluding carboxylic acids is 1. The largest absolute Gasteiger partial charge is 0.385 e. The van der Waals surface area contributed by atoms with Gasteiger partial charge in [0.2, 0.25) is 0 Å². The molecule has 0 bridgehead atoms. The number of nitrogens with zero attached hydrogens (tertiary/aromatic N) is 1. The Hall–Kier alpha value is -1.06. The van der Waals surface area contributed by atoms with E-state index in [1.807, 2.05) is 24.3 Å². The lowest BCUT2D eigenvalue weighted by Gasteiger charge is -2.17. The van der Waals surface area contributed by atoms with Gasteiger partial charge in [0.15, 0.2) is 0 Å². The third-order valence-corrected chi connectivity index (χ3v) is 2.83. The van der Waals surface area contributed by atoms with Gasteiger partial charge >= 0.3 is 0 Å². The number of methoxy groups -OCH3 is 1. The first-order valence-electron chi connectivity index (χ1n) is 5.58. The Morgan fingerprint density at radius 2 is 2.24 bits per heavy atom. The lowest BCUT2D eigenvalue weighted by atomic mass is 10.1. The summed E-state index contributed by atoms with van der Waals surface area (Å²) in [6.07, 6.45) is 0.841. The number of hydrogen-bond donors (Lipinski definition) is 0. The van der Waals surface area contributed by atoms with Crippen molar-refractivity contribution in [3.63, 3.8) is 0 Å². The van der Waals surface area contributed by atoms with Crippen LogP contribution in [0.5, 0.6) is 0 Å². The van der Waals surface area contributed by atoms with Crippen LogP contribution in [0, 0.1) is 0 Å². The topological polar surface area (TPSA) is 29.5 Å². The standard InChI is InChI=1S/C13H18ClNO2/c1-15(7-4-8-17-2)13(16)12-6-3-5-11(9-12)10-14/h3,5-6,9H,4,7-8,10H2,1-2H3. The van der Waals surface area contributed by atoms with Crippen LogP contribution in [-0.2, 0) is 10.6 Å². The van der Waals surface area contributed by atoms with Crippen LogP contribution in [0.1, 0.15) is 22.3 Å². The van der Waals surface area contributed by atoms with Gasteiger partial charge in [-0.25, -0.2) is 0 Å². The number of alkyl halides is 1. The van der Waals surface area contributed by atoms with E-state index in [1.54, 1.807) is 19.1 Å². The molecular weight excluding hydrogens is 238 g/mol. The van der Waals surface area contributed by atoms with Gasteiger partial charge in [-0.1, -0.05) is 12.1 Å². The molecule has 0 radical (unpaired) electrons. The van der Waals surface area contributed by atoms with Crippen LogP contribution in [0.15, 0.2) is 24.3 Å². The normalized spacial score (nSPS) is 10.3. The molecule has 3 nitrogen and oxygen atoms in total. The van der Waals surface area contributed by atoms with Crippen LogP contribution in [-0.4, -0.2) is 38.1 Å². The van der Waals surface area contributed by atoms with Crippen molar-refractivity contribution in [3.05, 3.63) is 35.4 Å². The highest BCUT2D eigenvalue weighted by Crippen LogP contribution is 2.10. The second-order valence-electron chi connectivity index (χ2n) is 3.91. The minimum absolute atomic E-state index is 0.0214. The summed E-state index contributed by atoms with van der Waals surface area (Å²) >= 11 is 5.74. The maximum Gasteiger partial charge on any atom is 0.253 e. The first-order chi connectivity index (χ1) is 8.19. The second-order valence-corrected chi connectivity index (χ2v) is 4.17. The fourth-order valence-electron chi connectivity index (χ4n) is 1.56. The Morgan fingerprint density at radius 1 is 1.47 bits per heavy atom. The van der Waals surface area contributed by atoms with E-state index in [2.05, 4.69) is 0 Å². The number of rotatable bonds is 6. The van der Waals surface area contributed by atoms with E-state index >= 15 is 0 Å². The molecule has 1 aromatic carbocycles. The predicted octanol–water partition coefficient (Wildman–Crippen LogP) is 2.53. The number of halogens is 1. The number of carbonyl (C=O) groups is 1.